The number of aromatic nitrogens is 5. The van der Waals surface area contributed by atoms with Crippen LogP contribution in [-0.2, 0) is 6.67 Å². The Morgan fingerprint density at radius 1 is 1.12 bits per heavy atom. The Morgan fingerprint density at radius 3 is 2.50 bits per heavy atom. The van der Waals surface area contributed by atoms with Crippen molar-refractivity contribution in [2.24, 2.45) is 11.8 Å². The van der Waals surface area contributed by atoms with Crippen LogP contribution in [0.3, 0.4) is 0 Å². The second-order valence-corrected chi connectivity index (χ2v) is 8.31. The summed E-state index contributed by atoms with van der Waals surface area (Å²) in [6.45, 7) is 4.03. The van der Waals surface area contributed by atoms with E-state index in [1.165, 1.54) is 29.3 Å². The van der Waals surface area contributed by atoms with Crippen LogP contribution in [0.4, 0.5) is 8.78 Å². The van der Waals surface area contributed by atoms with Gasteiger partial charge in [0.1, 0.15) is 23.7 Å². The first-order valence-electron chi connectivity index (χ1n) is 10.5. The Labute approximate surface area is 183 Å². The van der Waals surface area contributed by atoms with Crippen molar-refractivity contribution in [3.05, 3.63) is 70.8 Å². The van der Waals surface area contributed by atoms with Gasteiger partial charge < -0.3 is 4.90 Å². The van der Waals surface area contributed by atoms with Gasteiger partial charge in [-0.25, -0.2) is 18.7 Å². The molecule has 0 spiro atoms. The van der Waals surface area contributed by atoms with Gasteiger partial charge in [0.15, 0.2) is 5.82 Å². The summed E-state index contributed by atoms with van der Waals surface area (Å²) in [4.78, 5) is 25.2. The zero-order valence-corrected chi connectivity index (χ0v) is 17.8. The molecule has 3 heterocycles. The van der Waals surface area contributed by atoms with Crippen LogP contribution in [0, 0.1) is 31.5 Å². The van der Waals surface area contributed by atoms with E-state index in [1.807, 2.05) is 0 Å². The third kappa shape index (κ3) is 3.37. The van der Waals surface area contributed by atoms with E-state index in [2.05, 4.69) is 26.2 Å². The zero-order chi connectivity index (χ0) is 22.4. The largest absolute Gasteiger partial charge is 0.338 e. The molecular weight excluding hydrogens is 414 g/mol. The van der Waals surface area contributed by atoms with Gasteiger partial charge in [-0.1, -0.05) is 12.1 Å². The minimum absolute atomic E-state index is 0.0238. The third-order valence-corrected chi connectivity index (χ3v) is 6.36. The molecule has 7 nitrogen and oxygen atoms in total. The standard InChI is InChI=1S/C23H22F2N6O/c1-13-18(10-24)14(2)29-22(28-13)15-8-16-11-30(12-17(16)9-15)23(32)21-19(25)4-3-5-20(21)31-26-6-7-27-31/h3-8,16-17H,9-12H2,1-2H3. The number of fused-ring (bicyclic) bond motifs is 1. The molecule has 0 N–H and O–H groups in total. The number of benzene rings is 1. The van der Waals surface area contributed by atoms with Crippen LogP contribution in [0.5, 0.6) is 0 Å². The first kappa shape index (κ1) is 20.4. The highest BCUT2D eigenvalue weighted by Gasteiger charge is 2.40. The summed E-state index contributed by atoms with van der Waals surface area (Å²) in [5.74, 6) is 0.0418. The van der Waals surface area contributed by atoms with E-state index in [9.17, 15) is 13.6 Å². The Hall–Kier alpha value is -3.49. The zero-order valence-electron chi connectivity index (χ0n) is 17.8. The van der Waals surface area contributed by atoms with Crippen molar-refractivity contribution in [3.8, 4) is 5.69 Å². The summed E-state index contributed by atoms with van der Waals surface area (Å²) in [5.41, 5.74) is 3.17. The Balaban J connectivity index is 1.38. The number of nitrogens with zero attached hydrogens (tertiary/aromatic N) is 6. The molecule has 1 saturated heterocycles. The van der Waals surface area contributed by atoms with Crippen LogP contribution in [0.1, 0.15) is 39.6 Å². The first-order valence-corrected chi connectivity index (χ1v) is 10.5. The normalized spacial score (nSPS) is 19.9. The predicted molar refractivity (Wildman–Crippen MR) is 113 cm³/mol. The molecule has 9 heteroatoms. The molecule has 2 aliphatic rings. The second kappa shape index (κ2) is 7.89. The van der Waals surface area contributed by atoms with Gasteiger partial charge in [-0.2, -0.15) is 15.0 Å². The molecule has 3 aromatic rings. The molecule has 0 saturated carbocycles. The molecule has 1 amide bonds. The highest BCUT2D eigenvalue weighted by molar-refractivity contribution is 5.98. The number of hydrogen-bond acceptors (Lipinski definition) is 5. The van der Waals surface area contributed by atoms with E-state index in [4.69, 9.17) is 0 Å². The fourth-order valence-corrected chi connectivity index (χ4v) is 4.71. The van der Waals surface area contributed by atoms with Crippen LogP contribution in [-0.4, -0.2) is 48.9 Å². The van der Waals surface area contributed by atoms with E-state index in [-0.39, 0.29) is 23.3 Å². The van der Waals surface area contributed by atoms with E-state index < -0.39 is 12.5 Å². The molecule has 2 atom stereocenters. The van der Waals surface area contributed by atoms with Crippen LogP contribution in [0.15, 0.2) is 36.7 Å². The van der Waals surface area contributed by atoms with Gasteiger partial charge in [0.25, 0.3) is 5.91 Å². The van der Waals surface area contributed by atoms with Crippen LogP contribution in [0.25, 0.3) is 11.3 Å². The molecule has 32 heavy (non-hydrogen) atoms. The number of alkyl halides is 1. The summed E-state index contributed by atoms with van der Waals surface area (Å²) in [6, 6.07) is 4.45. The second-order valence-electron chi connectivity index (χ2n) is 8.31. The smallest absolute Gasteiger partial charge is 0.259 e. The summed E-state index contributed by atoms with van der Waals surface area (Å²) in [5, 5.41) is 8.09. The molecule has 1 aliphatic heterocycles. The number of carbonyl (C=O) groups excluding carboxylic acids is 1. The van der Waals surface area contributed by atoms with E-state index >= 15 is 0 Å². The minimum Gasteiger partial charge on any atom is -0.338 e. The number of carbonyl (C=O) groups is 1. The third-order valence-electron chi connectivity index (χ3n) is 6.36. The lowest BCUT2D eigenvalue weighted by Crippen LogP contribution is -2.31. The van der Waals surface area contributed by atoms with Crippen molar-refractivity contribution < 1.29 is 13.6 Å². The van der Waals surface area contributed by atoms with E-state index in [0.29, 0.717) is 41.6 Å². The molecule has 2 unspecified atom stereocenters. The molecular formula is C23H22F2N6O. The summed E-state index contributed by atoms with van der Waals surface area (Å²) < 4.78 is 27.9. The van der Waals surface area contributed by atoms with Gasteiger partial charge in [-0.3, -0.25) is 4.79 Å². The molecule has 0 radical (unpaired) electrons. The number of amides is 1. The number of aryl methyl sites for hydroxylation is 2. The number of halogens is 2. The molecule has 5 rings (SSSR count). The van der Waals surface area contributed by atoms with Crippen molar-refractivity contribution >= 4 is 11.5 Å². The van der Waals surface area contributed by atoms with Crippen LogP contribution >= 0.6 is 0 Å². The van der Waals surface area contributed by atoms with Crippen molar-refractivity contribution in [1.29, 1.82) is 0 Å². The van der Waals surface area contributed by atoms with Crippen LogP contribution < -0.4 is 0 Å². The van der Waals surface area contributed by atoms with Gasteiger partial charge >= 0.3 is 0 Å². The quantitative estimate of drug-likeness (QED) is 0.626. The molecule has 164 valence electrons. The number of allylic oxidation sites excluding steroid dienone is 1. The molecule has 0 bridgehead atoms. The van der Waals surface area contributed by atoms with Crippen molar-refractivity contribution in [2.75, 3.05) is 13.1 Å². The number of hydrogen-bond donors (Lipinski definition) is 0. The fraction of sp³-hybridized carbons (Fsp3) is 0.348. The van der Waals surface area contributed by atoms with Crippen molar-refractivity contribution in [2.45, 2.75) is 26.9 Å². The van der Waals surface area contributed by atoms with Gasteiger partial charge in [-0.05, 0) is 49.8 Å². The Morgan fingerprint density at radius 2 is 1.84 bits per heavy atom. The van der Waals surface area contributed by atoms with E-state index in [0.717, 1.165) is 12.0 Å². The van der Waals surface area contributed by atoms with Crippen molar-refractivity contribution in [1.82, 2.24) is 29.9 Å². The molecule has 1 aliphatic carbocycles. The van der Waals surface area contributed by atoms with Gasteiger partial charge in [-0.15, -0.1) is 0 Å². The Kier molecular flexibility index (Phi) is 5.03. The maximum Gasteiger partial charge on any atom is 0.259 e. The first-order chi connectivity index (χ1) is 15.5. The average molecular weight is 436 g/mol. The fourth-order valence-electron chi connectivity index (χ4n) is 4.71. The number of likely N-dealkylation sites (tertiary alicyclic amines) is 1. The SMILES string of the molecule is Cc1nc(C2=CC3CN(C(=O)c4c(F)cccc4-n4nccn4)CC3C2)nc(C)c1CF. The topological polar surface area (TPSA) is 76.8 Å². The van der Waals surface area contributed by atoms with Gasteiger partial charge in [0, 0.05) is 30.0 Å². The van der Waals surface area contributed by atoms with Gasteiger partial charge in [0.05, 0.1) is 12.4 Å². The van der Waals surface area contributed by atoms with Crippen molar-refractivity contribution in [3.63, 3.8) is 0 Å². The lowest BCUT2D eigenvalue weighted by Gasteiger charge is -2.19. The van der Waals surface area contributed by atoms with Crippen LogP contribution in [0.2, 0.25) is 0 Å². The lowest BCUT2D eigenvalue weighted by atomic mass is 10.00. The lowest BCUT2D eigenvalue weighted by molar-refractivity contribution is 0.0780. The monoisotopic (exact) mass is 436 g/mol. The predicted octanol–water partition coefficient (Wildman–Crippen LogP) is 3.46. The maximum atomic E-state index is 14.7. The summed E-state index contributed by atoms with van der Waals surface area (Å²) >= 11 is 0. The summed E-state index contributed by atoms with van der Waals surface area (Å²) in [6.07, 6.45) is 5.81. The molecule has 2 aromatic heterocycles. The van der Waals surface area contributed by atoms with E-state index in [1.54, 1.807) is 24.8 Å². The highest BCUT2D eigenvalue weighted by atomic mass is 19.1. The van der Waals surface area contributed by atoms with Gasteiger partial charge in [0.2, 0.25) is 0 Å². The maximum absolute atomic E-state index is 14.7. The molecule has 1 fully saturated rings. The Bertz CT molecular complexity index is 1200. The number of rotatable bonds is 4. The average Bonchev–Trinajstić information content (AvgIpc) is 3.49. The highest BCUT2D eigenvalue weighted by Crippen LogP contribution is 2.41. The summed E-state index contributed by atoms with van der Waals surface area (Å²) in [7, 11) is 0. The molecule has 1 aromatic carbocycles. The minimum atomic E-state index is -0.592.